The minimum absolute atomic E-state index is 0.589. The summed E-state index contributed by atoms with van der Waals surface area (Å²) in [4.78, 5) is 4.91. The van der Waals surface area contributed by atoms with E-state index in [1.54, 1.807) is 6.26 Å². The average molecular weight is 490 g/mol. The van der Waals surface area contributed by atoms with E-state index in [1.165, 1.54) is 0 Å². The van der Waals surface area contributed by atoms with Crippen LogP contribution in [0.1, 0.15) is 0 Å². The fourth-order valence-electron chi connectivity index (χ4n) is 5.06. The third-order valence-corrected chi connectivity index (χ3v) is 6.83. The van der Waals surface area contributed by atoms with Crippen molar-refractivity contribution in [2.45, 2.75) is 0 Å². The van der Waals surface area contributed by atoms with Gasteiger partial charge in [0, 0.05) is 33.0 Å². The maximum atomic E-state index is 6.79. The number of hydrogen-bond donors (Lipinski definition) is 0. The second-order valence-corrected chi connectivity index (χ2v) is 9.17. The standard InChI is InChI=1S/C35H23NO2/c1-4-13-24(14-5-1)27-21-12-22-30(31-23-37-35(36-31)26-17-8-3-9-18-26)32(27)34-29-20-11-10-19-28(29)33(38-34)25-15-6-2-7-16-25/h1-23H. The van der Waals surface area contributed by atoms with Crippen LogP contribution in [-0.4, -0.2) is 4.98 Å². The number of fused-ring (bicyclic) bond motifs is 1. The molecule has 0 unspecified atom stereocenters. The van der Waals surface area contributed by atoms with E-state index in [9.17, 15) is 0 Å². The Kier molecular flexibility index (Phi) is 5.45. The second-order valence-electron chi connectivity index (χ2n) is 9.17. The molecule has 0 N–H and O–H groups in total. The molecule has 2 heterocycles. The smallest absolute Gasteiger partial charge is 0.226 e. The predicted octanol–water partition coefficient (Wildman–Crippen LogP) is 9.76. The summed E-state index contributed by atoms with van der Waals surface area (Å²) in [6.07, 6.45) is 1.74. The largest absolute Gasteiger partial charge is 0.455 e. The Morgan fingerprint density at radius 2 is 1.00 bits per heavy atom. The topological polar surface area (TPSA) is 39.2 Å². The molecule has 0 saturated carbocycles. The first-order chi connectivity index (χ1) is 18.9. The van der Waals surface area contributed by atoms with Gasteiger partial charge in [0.2, 0.25) is 5.89 Å². The first-order valence-corrected chi connectivity index (χ1v) is 12.6. The fraction of sp³-hybridized carbons (Fsp3) is 0. The molecule has 0 fully saturated rings. The zero-order valence-corrected chi connectivity index (χ0v) is 20.5. The highest BCUT2D eigenvalue weighted by Crippen LogP contribution is 2.46. The summed E-state index contributed by atoms with van der Waals surface area (Å²) in [6.45, 7) is 0. The van der Waals surface area contributed by atoms with E-state index in [1.807, 2.05) is 54.6 Å². The highest BCUT2D eigenvalue weighted by atomic mass is 16.3. The summed E-state index contributed by atoms with van der Waals surface area (Å²) in [5, 5.41) is 2.13. The summed E-state index contributed by atoms with van der Waals surface area (Å²) < 4.78 is 12.8. The lowest BCUT2D eigenvalue weighted by atomic mass is 9.91. The Hall–Kier alpha value is -5.15. The van der Waals surface area contributed by atoms with Crippen molar-refractivity contribution < 1.29 is 8.83 Å². The summed E-state index contributed by atoms with van der Waals surface area (Å²) in [5.74, 6) is 2.26. The Bertz CT molecular complexity index is 1850. The van der Waals surface area contributed by atoms with Crippen molar-refractivity contribution in [3.63, 3.8) is 0 Å². The van der Waals surface area contributed by atoms with Crippen molar-refractivity contribution >= 4 is 10.8 Å². The quantitative estimate of drug-likeness (QED) is 0.241. The van der Waals surface area contributed by atoms with Crippen LogP contribution in [0.3, 0.4) is 0 Å². The molecule has 0 spiro atoms. The molecule has 0 aliphatic heterocycles. The number of nitrogens with zero attached hydrogens (tertiary/aromatic N) is 1. The monoisotopic (exact) mass is 489 g/mol. The van der Waals surface area contributed by atoms with E-state index in [4.69, 9.17) is 13.8 Å². The number of benzene rings is 5. The molecule has 0 saturated heterocycles. The van der Waals surface area contributed by atoms with Crippen LogP contribution in [0.25, 0.3) is 67.3 Å². The van der Waals surface area contributed by atoms with E-state index >= 15 is 0 Å². The molecule has 0 aliphatic carbocycles. The van der Waals surface area contributed by atoms with Crippen molar-refractivity contribution in [3.8, 4) is 56.5 Å². The number of aromatic nitrogens is 1. The number of rotatable bonds is 5. The van der Waals surface area contributed by atoms with E-state index in [0.717, 1.165) is 61.4 Å². The van der Waals surface area contributed by atoms with Crippen molar-refractivity contribution in [2.75, 3.05) is 0 Å². The Labute approximate surface area is 220 Å². The molecule has 0 aliphatic rings. The zero-order valence-electron chi connectivity index (χ0n) is 20.5. The molecule has 0 atom stereocenters. The lowest BCUT2D eigenvalue weighted by Gasteiger charge is -2.13. The summed E-state index contributed by atoms with van der Waals surface area (Å²) in [7, 11) is 0. The molecule has 0 radical (unpaired) electrons. The summed E-state index contributed by atoms with van der Waals surface area (Å²) in [6, 6.07) is 45.3. The van der Waals surface area contributed by atoms with Crippen LogP contribution in [0.15, 0.2) is 149 Å². The van der Waals surface area contributed by atoms with Crippen molar-refractivity contribution in [1.82, 2.24) is 4.98 Å². The summed E-state index contributed by atoms with van der Waals surface area (Å²) >= 11 is 0. The van der Waals surface area contributed by atoms with Crippen molar-refractivity contribution in [1.29, 1.82) is 0 Å². The average Bonchev–Trinajstić information content (AvgIpc) is 3.64. The van der Waals surface area contributed by atoms with Gasteiger partial charge in [0.05, 0.1) is 0 Å². The molecule has 7 rings (SSSR count). The van der Waals surface area contributed by atoms with Gasteiger partial charge in [0.1, 0.15) is 23.5 Å². The van der Waals surface area contributed by atoms with Gasteiger partial charge in [-0.15, -0.1) is 0 Å². The number of furan rings is 1. The highest BCUT2D eigenvalue weighted by Gasteiger charge is 2.23. The normalized spacial score (nSPS) is 11.2. The van der Waals surface area contributed by atoms with Gasteiger partial charge < -0.3 is 8.83 Å². The fourth-order valence-corrected chi connectivity index (χ4v) is 5.06. The summed E-state index contributed by atoms with van der Waals surface area (Å²) in [5.41, 5.74) is 6.87. The van der Waals surface area contributed by atoms with Crippen LogP contribution in [-0.2, 0) is 0 Å². The van der Waals surface area contributed by atoms with E-state index in [2.05, 4.69) is 78.9 Å². The van der Waals surface area contributed by atoms with Gasteiger partial charge in [-0.3, -0.25) is 0 Å². The minimum Gasteiger partial charge on any atom is -0.455 e. The van der Waals surface area contributed by atoms with Gasteiger partial charge in [0.15, 0.2) is 0 Å². The minimum atomic E-state index is 0.589. The van der Waals surface area contributed by atoms with Crippen molar-refractivity contribution in [2.24, 2.45) is 0 Å². The molecule has 5 aromatic carbocycles. The molecule has 2 aromatic heterocycles. The van der Waals surface area contributed by atoms with E-state index < -0.39 is 0 Å². The van der Waals surface area contributed by atoms with Crippen LogP contribution in [0.4, 0.5) is 0 Å². The number of hydrogen-bond acceptors (Lipinski definition) is 3. The molecule has 3 heteroatoms. The molecular weight excluding hydrogens is 466 g/mol. The second kappa shape index (κ2) is 9.38. The van der Waals surface area contributed by atoms with Crippen LogP contribution in [0, 0.1) is 0 Å². The van der Waals surface area contributed by atoms with E-state index in [0.29, 0.717) is 5.89 Å². The zero-order chi connectivity index (χ0) is 25.3. The SMILES string of the molecule is c1ccc(-c2nc(-c3cccc(-c4ccccc4)c3-c3oc(-c4ccccc4)c4ccccc34)co2)cc1. The van der Waals surface area contributed by atoms with Crippen molar-refractivity contribution in [3.05, 3.63) is 140 Å². The molecule has 38 heavy (non-hydrogen) atoms. The maximum Gasteiger partial charge on any atom is 0.226 e. The van der Waals surface area contributed by atoms with Gasteiger partial charge in [0.25, 0.3) is 0 Å². The van der Waals surface area contributed by atoms with Crippen LogP contribution in [0.2, 0.25) is 0 Å². The number of oxazole rings is 1. The van der Waals surface area contributed by atoms with Crippen LogP contribution in [0.5, 0.6) is 0 Å². The van der Waals surface area contributed by atoms with E-state index in [-0.39, 0.29) is 0 Å². The van der Waals surface area contributed by atoms with Gasteiger partial charge in [-0.05, 0) is 23.3 Å². The maximum absolute atomic E-state index is 6.79. The van der Waals surface area contributed by atoms with Gasteiger partial charge >= 0.3 is 0 Å². The highest BCUT2D eigenvalue weighted by molar-refractivity contribution is 6.07. The molecule has 3 nitrogen and oxygen atoms in total. The molecule has 180 valence electrons. The van der Waals surface area contributed by atoms with Gasteiger partial charge in [-0.2, -0.15) is 0 Å². The lowest BCUT2D eigenvalue weighted by Crippen LogP contribution is -1.90. The third kappa shape index (κ3) is 3.82. The Morgan fingerprint density at radius 1 is 0.447 bits per heavy atom. The first-order valence-electron chi connectivity index (χ1n) is 12.6. The third-order valence-electron chi connectivity index (χ3n) is 6.83. The van der Waals surface area contributed by atoms with Crippen LogP contribution < -0.4 is 0 Å². The van der Waals surface area contributed by atoms with Gasteiger partial charge in [-0.1, -0.05) is 121 Å². The Morgan fingerprint density at radius 3 is 1.68 bits per heavy atom. The molecule has 0 amide bonds. The predicted molar refractivity (Wildman–Crippen MR) is 153 cm³/mol. The van der Waals surface area contributed by atoms with Crippen LogP contribution >= 0.6 is 0 Å². The first kappa shape index (κ1) is 22.1. The molecule has 7 aromatic rings. The molecular formula is C35H23NO2. The lowest BCUT2D eigenvalue weighted by molar-refractivity contribution is 0.575. The molecule has 0 bridgehead atoms. The van der Waals surface area contributed by atoms with Gasteiger partial charge in [-0.25, -0.2) is 4.98 Å². The Balaban J connectivity index is 1.51.